The average molecular weight is 237 g/mol. The minimum atomic E-state index is -0.148. The first-order chi connectivity index (χ1) is 8.36. The lowest BCUT2D eigenvalue weighted by molar-refractivity contribution is -0.212. The van der Waals surface area contributed by atoms with E-state index >= 15 is 0 Å². The Morgan fingerprint density at radius 2 is 2.12 bits per heavy atom. The van der Waals surface area contributed by atoms with E-state index in [1.165, 1.54) is 0 Å². The normalized spacial score (nSPS) is 36.8. The van der Waals surface area contributed by atoms with Crippen LogP contribution in [0.5, 0.6) is 0 Å². The topological polar surface area (TPSA) is 40.5 Å². The molecule has 2 fully saturated rings. The first kappa shape index (κ1) is 11.2. The number of fused-ring (bicyclic) bond motifs is 1. The van der Waals surface area contributed by atoms with Crippen LogP contribution in [0.15, 0.2) is 30.3 Å². The third-order valence-electron chi connectivity index (χ3n) is 3.29. The van der Waals surface area contributed by atoms with Gasteiger partial charge in [-0.1, -0.05) is 18.2 Å². The van der Waals surface area contributed by atoms with E-state index < -0.39 is 0 Å². The second kappa shape index (κ2) is 4.74. The Balaban J connectivity index is 1.69. The highest BCUT2D eigenvalue weighted by Gasteiger charge is 2.46. The van der Waals surface area contributed by atoms with E-state index in [0.717, 1.165) is 12.0 Å². The Morgan fingerprint density at radius 3 is 2.88 bits per heavy atom. The number of aliphatic hydroxyl groups is 2. The Morgan fingerprint density at radius 1 is 1.29 bits per heavy atom. The van der Waals surface area contributed by atoms with Gasteiger partial charge in [-0.2, -0.15) is 0 Å². The van der Waals surface area contributed by atoms with E-state index in [-0.39, 0.29) is 24.8 Å². The summed E-state index contributed by atoms with van der Waals surface area (Å²) in [6, 6.07) is 10.1. The van der Waals surface area contributed by atoms with Gasteiger partial charge >= 0.3 is 0 Å². The van der Waals surface area contributed by atoms with E-state index in [1.807, 2.05) is 30.3 Å². The number of rotatable bonds is 2. The maximum atomic E-state index is 5.90. The minimum absolute atomic E-state index is 0.0756. The molecule has 0 aromatic heterocycles. The molecule has 4 atom stereocenters. The summed E-state index contributed by atoms with van der Waals surface area (Å²) in [6.45, 7) is 0.565. The summed E-state index contributed by atoms with van der Waals surface area (Å²) in [6.07, 6.45) is 0.763. The van der Waals surface area contributed by atoms with Crippen LogP contribution in [-0.2, 0) is 14.2 Å². The highest BCUT2D eigenvalue weighted by atomic mass is 16.8. The van der Waals surface area contributed by atoms with Gasteiger partial charge in [0.1, 0.15) is 0 Å². The minimum Gasteiger partial charge on any atom is -0.402 e. The van der Waals surface area contributed by atoms with E-state index in [2.05, 4.69) is 0 Å². The van der Waals surface area contributed by atoms with E-state index in [9.17, 15) is 0 Å². The van der Waals surface area contributed by atoms with Crippen molar-refractivity contribution in [2.24, 2.45) is 0 Å². The number of hydrogen-bond donors (Lipinski definition) is 0. The number of hydrogen-bond acceptors (Lipinski definition) is 3. The van der Waals surface area contributed by atoms with Crippen LogP contribution in [0.1, 0.15) is 18.3 Å². The third-order valence-corrected chi connectivity index (χ3v) is 3.29. The van der Waals surface area contributed by atoms with Gasteiger partial charge in [0.15, 0.2) is 18.5 Å². The molecule has 0 amide bonds. The van der Waals surface area contributed by atoms with Crippen LogP contribution in [0.25, 0.3) is 0 Å². The Bertz CT molecular complexity index is 367. The van der Waals surface area contributed by atoms with Crippen molar-refractivity contribution >= 4 is 0 Å². The summed E-state index contributed by atoms with van der Waals surface area (Å²) in [4.78, 5) is 0. The molecule has 0 aliphatic carbocycles. The highest BCUT2D eigenvalue weighted by molar-refractivity contribution is 5.16. The molecule has 4 heteroatoms. The zero-order valence-corrected chi connectivity index (χ0v) is 9.78. The maximum Gasteiger partial charge on any atom is 0.293 e. The lowest BCUT2D eigenvalue weighted by Gasteiger charge is -2.25. The van der Waals surface area contributed by atoms with Crippen LogP contribution in [-0.4, -0.2) is 37.0 Å². The fraction of sp³-hybridized carbons (Fsp3) is 0.538. The second-order valence-corrected chi connectivity index (χ2v) is 4.39. The van der Waals surface area contributed by atoms with Gasteiger partial charge in [-0.15, -0.1) is 0 Å². The van der Waals surface area contributed by atoms with Crippen molar-refractivity contribution in [3.05, 3.63) is 35.9 Å². The molecule has 2 heterocycles. The van der Waals surface area contributed by atoms with Crippen LogP contribution < -0.4 is 0 Å². The first-order valence-corrected chi connectivity index (χ1v) is 5.91. The van der Waals surface area contributed by atoms with Crippen LogP contribution >= 0.6 is 0 Å². The zero-order chi connectivity index (χ0) is 11.7. The summed E-state index contributed by atoms with van der Waals surface area (Å²) in [5.74, 6) is 0. The van der Waals surface area contributed by atoms with Crippen LogP contribution in [0.2, 0.25) is 0 Å². The van der Waals surface area contributed by atoms with Crippen LogP contribution in [0.4, 0.5) is 0 Å². The fourth-order valence-electron chi connectivity index (χ4n) is 2.34. The average Bonchev–Trinajstić information content (AvgIpc) is 2.82. The molecular formula is C13H17O4+. The molecule has 2 aliphatic rings. The monoisotopic (exact) mass is 237 g/mol. The molecule has 2 aliphatic heterocycles. The van der Waals surface area contributed by atoms with E-state index in [1.54, 1.807) is 7.11 Å². The predicted molar refractivity (Wildman–Crippen MR) is 61.4 cm³/mol. The summed E-state index contributed by atoms with van der Waals surface area (Å²) >= 11 is 0. The van der Waals surface area contributed by atoms with Crippen LogP contribution in [0, 0.1) is 0 Å². The number of benzene rings is 1. The summed E-state index contributed by atoms with van der Waals surface area (Å²) in [7, 11) is 1.66. The molecule has 4 nitrogen and oxygen atoms in total. The van der Waals surface area contributed by atoms with E-state index in [4.69, 9.17) is 18.9 Å². The molecular weight excluding hydrogens is 220 g/mol. The van der Waals surface area contributed by atoms with Crippen molar-refractivity contribution in [3.63, 3.8) is 0 Å². The lowest BCUT2D eigenvalue weighted by Crippen LogP contribution is -2.40. The number of methoxy groups -OCH3 is 1. The first-order valence-electron chi connectivity index (χ1n) is 5.91. The SMILES string of the molecule is CO[C@H]1C[C@@H]2[OH+]C(c3ccccc3)O[C@@H]2CO1. The third kappa shape index (κ3) is 2.21. The summed E-state index contributed by atoms with van der Waals surface area (Å²) in [5, 5.41) is 0. The number of ether oxygens (including phenoxy) is 4. The Hall–Kier alpha value is -0.940. The largest absolute Gasteiger partial charge is 0.402 e. The molecule has 0 saturated carbocycles. The highest BCUT2D eigenvalue weighted by Crippen LogP contribution is 2.33. The van der Waals surface area contributed by atoms with Gasteiger partial charge in [-0.25, -0.2) is 0 Å². The van der Waals surface area contributed by atoms with Gasteiger partial charge in [0, 0.05) is 7.11 Å². The van der Waals surface area contributed by atoms with Crippen LogP contribution in [0.3, 0.4) is 0 Å². The van der Waals surface area contributed by atoms with Gasteiger partial charge in [0.2, 0.25) is 0 Å². The van der Waals surface area contributed by atoms with Gasteiger partial charge in [-0.05, 0) is 12.1 Å². The molecule has 17 heavy (non-hydrogen) atoms. The second-order valence-electron chi connectivity index (χ2n) is 4.39. The molecule has 1 aromatic rings. The fourth-order valence-corrected chi connectivity index (χ4v) is 2.34. The zero-order valence-electron chi connectivity index (χ0n) is 9.78. The Labute approximate surface area is 100 Å². The Kier molecular flexibility index (Phi) is 3.11. The quantitative estimate of drug-likeness (QED) is 0.729. The van der Waals surface area contributed by atoms with Crippen molar-refractivity contribution in [1.82, 2.24) is 0 Å². The lowest BCUT2D eigenvalue weighted by atomic mass is 10.1. The molecule has 1 N–H and O–H groups in total. The molecule has 3 rings (SSSR count). The molecule has 92 valence electrons. The summed E-state index contributed by atoms with van der Waals surface area (Å²) < 4.78 is 21.3. The molecule has 1 unspecified atom stereocenters. The predicted octanol–water partition coefficient (Wildman–Crippen LogP) is 1.37. The van der Waals surface area contributed by atoms with E-state index in [0.29, 0.717) is 6.61 Å². The van der Waals surface area contributed by atoms with Crippen molar-refractivity contribution in [3.8, 4) is 0 Å². The van der Waals surface area contributed by atoms with Crippen molar-refractivity contribution < 1.29 is 18.9 Å². The van der Waals surface area contributed by atoms with Gasteiger partial charge in [0.25, 0.3) is 6.29 Å². The molecule has 1 aromatic carbocycles. The summed E-state index contributed by atoms with van der Waals surface area (Å²) in [5.41, 5.74) is 1.11. The molecule has 0 bridgehead atoms. The van der Waals surface area contributed by atoms with Gasteiger partial charge < -0.3 is 14.2 Å². The van der Waals surface area contributed by atoms with Crippen molar-refractivity contribution in [1.29, 1.82) is 0 Å². The van der Waals surface area contributed by atoms with Crippen molar-refractivity contribution in [2.75, 3.05) is 13.7 Å². The smallest absolute Gasteiger partial charge is 0.293 e. The molecule has 2 saturated heterocycles. The molecule has 0 spiro atoms. The standard InChI is InChI=1S/C13H16O4/c1-14-12-7-10-11(8-15-12)17-13(16-10)9-5-3-2-4-6-9/h2-6,10-13H,7-8H2,1H3/p+1/t10-,11+,12+,13?/m0/s1. The maximum absolute atomic E-state index is 5.90. The molecule has 0 radical (unpaired) electrons. The van der Waals surface area contributed by atoms with Crippen molar-refractivity contribution in [2.45, 2.75) is 31.2 Å². The van der Waals surface area contributed by atoms with Gasteiger partial charge in [-0.3, -0.25) is 4.74 Å². The van der Waals surface area contributed by atoms with Gasteiger partial charge in [0.05, 0.1) is 18.6 Å².